The molecule has 4 rings (SSSR count). The van der Waals surface area contributed by atoms with Crippen molar-refractivity contribution < 1.29 is 19.0 Å². The van der Waals surface area contributed by atoms with E-state index < -0.39 is 12.1 Å². The summed E-state index contributed by atoms with van der Waals surface area (Å²) in [5.41, 5.74) is 0.317. The van der Waals surface area contributed by atoms with Crippen molar-refractivity contribution in [3.05, 3.63) is 96.0 Å². The largest absolute Gasteiger partial charge is 0.490 e. The summed E-state index contributed by atoms with van der Waals surface area (Å²) in [5, 5.41) is 4.53. The van der Waals surface area contributed by atoms with E-state index in [1.165, 1.54) is 0 Å². The summed E-state index contributed by atoms with van der Waals surface area (Å²) in [4.78, 5) is 12.2. The number of esters is 1. The molecule has 0 spiro atoms. The van der Waals surface area contributed by atoms with Crippen molar-refractivity contribution in [3.8, 4) is 11.5 Å². The van der Waals surface area contributed by atoms with Gasteiger partial charge in [0.15, 0.2) is 6.10 Å². The van der Waals surface area contributed by atoms with Gasteiger partial charge in [0, 0.05) is 21.4 Å². The lowest BCUT2D eigenvalue weighted by atomic mass is 10.0. The van der Waals surface area contributed by atoms with E-state index >= 15 is 0 Å². The Labute approximate surface area is 192 Å². The van der Waals surface area contributed by atoms with E-state index in [1.807, 2.05) is 72.8 Å². The zero-order valence-electron chi connectivity index (χ0n) is 17.7. The molecule has 0 aromatic heterocycles. The third-order valence-electron chi connectivity index (χ3n) is 4.99. The minimum absolute atomic E-state index is 0.113. The maximum absolute atomic E-state index is 12.2. The molecule has 0 bridgehead atoms. The fraction of sp³-hybridized carbons (Fsp3) is 0.148. The van der Waals surface area contributed by atoms with Crippen molar-refractivity contribution in [1.82, 2.24) is 0 Å². The molecule has 162 valence electrons. The van der Waals surface area contributed by atoms with Gasteiger partial charge in [0.2, 0.25) is 0 Å². The van der Waals surface area contributed by atoms with Gasteiger partial charge in [0.1, 0.15) is 24.7 Å². The van der Waals surface area contributed by atoms with Gasteiger partial charge >= 0.3 is 5.97 Å². The number of para-hydroxylation sites is 1. The lowest BCUT2D eigenvalue weighted by molar-refractivity contribution is -0.147. The van der Waals surface area contributed by atoms with E-state index in [4.69, 9.17) is 25.8 Å². The topological polar surface area (TPSA) is 44.8 Å². The Morgan fingerprint density at radius 1 is 0.875 bits per heavy atom. The molecule has 32 heavy (non-hydrogen) atoms. The molecule has 0 aliphatic carbocycles. The van der Waals surface area contributed by atoms with Crippen molar-refractivity contribution in [3.63, 3.8) is 0 Å². The molecule has 0 heterocycles. The molecule has 1 atom stereocenters. The molecule has 5 heteroatoms. The maximum atomic E-state index is 12.2. The third kappa shape index (κ3) is 5.04. The number of hydrogen-bond donors (Lipinski definition) is 0. The first-order chi connectivity index (χ1) is 15.5. The Hall–Kier alpha value is -3.50. The molecule has 0 aliphatic rings. The fourth-order valence-electron chi connectivity index (χ4n) is 3.40. The highest BCUT2D eigenvalue weighted by Crippen LogP contribution is 2.36. The van der Waals surface area contributed by atoms with Crippen LogP contribution in [0.3, 0.4) is 0 Å². The van der Waals surface area contributed by atoms with Crippen LogP contribution in [0.15, 0.2) is 91.0 Å². The lowest BCUT2D eigenvalue weighted by Crippen LogP contribution is -2.31. The smallest absolute Gasteiger partial charge is 0.333 e. The van der Waals surface area contributed by atoms with Crippen LogP contribution in [0, 0.1) is 0 Å². The van der Waals surface area contributed by atoms with E-state index in [2.05, 4.69) is 12.6 Å². The van der Waals surface area contributed by atoms with E-state index in [1.54, 1.807) is 6.92 Å². The van der Waals surface area contributed by atoms with Crippen molar-refractivity contribution in [1.29, 1.82) is 0 Å². The van der Waals surface area contributed by atoms with E-state index in [0.717, 1.165) is 21.5 Å². The predicted octanol–water partition coefficient (Wildman–Crippen LogP) is 6.59. The van der Waals surface area contributed by atoms with Gasteiger partial charge in [0.05, 0.1) is 0 Å². The zero-order chi connectivity index (χ0) is 22.5. The highest BCUT2D eigenvalue weighted by Gasteiger charge is 2.19. The van der Waals surface area contributed by atoms with Crippen LogP contribution in [-0.2, 0) is 9.53 Å². The van der Waals surface area contributed by atoms with Crippen molar-refractivity contribution in [2.45, 2.75) is 13.0 Å². The molecule has 4 nitrogen and oxygen atoms in total. The standard InChI is InChI=1S/C27H23ClO4/c1-18(2)27(29)32-23(16-30-22-9-4-3-5-10-22)17-31-26-24-11-7-6-8-19(24)14-20-12-13-21(28)15-25(20)26/h3-15,23H,1,16-17H2,2H3. The van der Waals surface area contributed by atoms with Gasteiger partial charge < -0.3 is 14.2 Å². The van der Waals surface area contributed by atoms with Crippen LogP contribution in [0.1, 0.15) is 6.92 Å². The Morgan fingerprint density at radius 3 is 2.34 bits per heavy atom. The number of carbonyl (C=O) groups is 1. The van der Waals surface area contributed by atoms with Crippen LogP contribution in [-0.4, -0.2) is 25.3 Å². The Bertz CT molecular complexity index is 1270. The quantitative estimate of drug-likeness (QED) is 0.174. The summed E-state index contributed by atoms with van der Waals surface area (Å²) in [6, 6.07) is 25.2. The normalized spacial score (nSPS) is 11.8. The number of benzene rings is 4. The molecular formula is C27H23ClO4. The van der Waals surface area contributed by atoms with Gasteiger partial charge in [-0.3, -0.25) is 0 Å². The number of fused-ring (bicyclic) bond motifs is 2. The predicted molar refractivity (Wildman–Crippen MR) is 129 cm³/mol. The van der Waals surface area contributed by atoms with Crippen molar-refractivity contribution in [2.75, 3.05) is 13.2 Å². The van der Waals surface area contributed by atoms with Crippen molar-refractivity contribution >= 4 is 39.1 Å². The van der Waals surface area contributed by atoms with Gasteiger partial charge in [-0.1, -0.05) is 66.7 Å². The number of ether oxygens (including phenoxy) is 3. The lowest BCUT2D eigenvalue weighted by Gasteiger charge is -2.21. The van der Waals surface area contributed by atoms with Crippen LogP contribution < -0.4 is 9.47 Å². The third-order valence-corrected chi connectivity index (χ3v) is 5.23. The second-order valence-corrected chi connectivity index (χ2v) is 7.97. The molecule has 0 amide bonds. The maximum Gasteiger partial charge on any atom is 0.333 e. The highest BCUT2D eigenvalue weighted by atomic mass is 35.5. The monoisotopic (exact) mass is 446 g/mol. The van der Waals surface area contributed by atoms with Gasteiger partial charge in [-0.15, -0.1) is 0 Å². The summed E-state index contributed by atoms with van der Waals surface area (Å²) in [6.45, 7) is 5.53. The summed E-state index contributed by atoms with van der Waals surface area (Å²) in [5.74, 6) is 0.893. The second-order valence-electron chi connectivity index (χ2n) is 7.53. The Morgan fingerprint density at radius 2 is 1.56 bits per heavy atom. The SMILES string of the molecule is C=C(C)C(=O)OC(COc1ccccc1)COc1c2ccccc2cc2ccc(Cl)cc12. The first-order valence-corrected chi connectivity index (χ1v) is 10.7. The minimum atomic E-state index is -0.632. The van der Waals surface area contributed by atoms with Crippen molar-refractivity contribution in [2.24, 2.45) is 0 Å². The molecular weight excluding hydrogens is 424 g/mol. The number of hydrogen-bond acceptors (Lipinski definition) is 4. The van der Waals surface area contributed by atoms with Crippen LogP contribution in [0.4, 0.5) is 0 Å². The van der Waals surface area contributed by atoms with Crippen LogP contribution >= 0.6 is 11.6 Å². The number of rotatable bonds is 8. The van der Waals surface area contributed by atoms with Crippen LogP contribution in [0.2, 0.25) is 5.02 Å². The van der Waals surface area contributed by atoms with Crippen LogP contribution in [0.25, 0.3) is 21.5 Å². The average Bonchev–Trinajstić information content (AvgIpc) is 2.80. The zero-order valence-corrected chi connectivity index (χ0v) is 18.5. The molecule has 4 aromatic rings. The van der Waals surface area contributed by atoms with E-state index in [-0.39, 0.29) is 13.2 Å². The molecule has 0 fully saturated rings. The average molecular weight is 447 g/mol. The molecule has 0 saturated carbocycles. The molecule has 4 aromatic carbocycles. The minimum Gasteiger partial charge on any atom is -0.490 e. The number of carbonyl (C=O) groups excluding carboxylic acids is 1. The highest BCUT2D eigenvalue weighted by molar-refractivity contribution is 6.31. The summed E-state index contributed by atoms with van der Waals surface area (Å²) in [7, 11) is 0. The Balaban J connectivity index is 1.62. The molecule has 0 aliphatic heterocycles. The van der Waals surface area contributed by atoms with Gasteiger partial charge in [-0.05, 0) is 48.0 Å². The number of halogens is 1. The van der Waals surface area contributed by atoms with E-state index in [0.29, 0.717) is 22.1 Å². The molecule has 0 saturated heterocycles. The molecule has 1 unspecified atom stereocenters. The summed E-state index contributed by atoms with van der Waals surface area (Å²) >= 11 is 6.27. The second kappa shape index (κ2) is 9.75. The summed E-state index contributed by atoms with van der Waals surface area (Å²) in [6.07, 6.45) is -0.632. The first-order valence-electron chi connectivity index (χ1n) is 10.3. The van der Waals surface area contributed by atoms with Gasteiger partial charge in [-0.25, -0.2) is 4.79 Å². The van der Waals surface area contributed by atoms with E-state index in [9.17, 15) is 4.79 Å². The molecule has 0 N–H and O–H groups in total. The molecule has 0 radical (unpaired) electrons. The van der Waals surface area contributed by atoms with Crippen LogP contribution in [0.5, 0.6) is 11.5 Å². The van der Waals surface area contributed by atoms with Gasteiger partial charge in [0.25, 0.3) is 0 Å². The van der Waals surface area contributed by atoms with Gasteiger partial charge in [-0.2, -0.15) is 0 Å². The fourth-order valence-corrected chi connectivity index (χ4v) is 3.57. The summed E-state index contributed by atoms with van der Waals surface area (Å²) < 4.78 is 17.7. The first kappa shape index (κ1) is 21.7. The Kier molecular flexibility index (Phi) is 6.62.